The Labute approximate surface area is 169 Å². The maximum Gasteiger partial charge on any atom is 0.258 e. The Morgan fingerprint density at radius 3 is 3.00 bits per heavy atom. The Morgan fingerprint density at radius 1 is 1.36 bits per heavy atom. The van der Waals surface area contributed by atoms with Crippen LogP contribution in [-0.2, 0) is 17.8 Å². The second kappa shape index (κ2) is 7.73. The van der Waals surface area contributed by atoms with Gasteiger partial charge in [-0.25, -0.2) is 9.97 Å². The van der Waals surface area contributed by atoms with Crippen molar-refractivity contribution in [3.8, 4) is 0 Å². The highest BCUT2D eigenvalue weighted by Gasteiger charge is 2.17. The minimum atomic E-state index is -0.241. The molecule has 0 spiro atoms. The second-order valence-corrected chi connectivity index (χ2v) is 7.80. The second-order valence-electron chi connectivity index (χ2n) is 6.49. The number of benzene rings is 1. The van der Waals surface area contributed by atoms with Crippen molar-refractivity contribution in [1.29, 1.82) is 0 Å². The number of aromatic nitrogens is 4. The van der Waals surface area contributed by atoms with Crippen molar-refractivity contribution >= 4 is 44.7 Å². The molecule has 1 aromatic carbocycles. The molecule has 0 aliphatic heterocycles. The molecule has 9 heteroatoms. The summed E-state index contributed by atoms with van der Waals surface area (Å²) in [6.07, 6.45) is 4.79. The van der Waals surface area contributed by atoms with Crippen LogP contribution < -0.4 is 5.56 Å². The summed E-state index contributed by atoms with van der Waals surface area (Å²) in [6.45, 7) is 2.80. The first-order valence-electron chi connectivity index (χ1n) is 8.91. The van der Waals surface area contributed by atoms with Crippen LogP contribution in [0.1, 0.15) is 24.9 Å². The fourth-order valence-electron chi connectivity index (χ4n) is 3.11. The predicted octanol–water partition coefficient (Wildman–Crippen LogP) is 3.27. The molecule has 144 valence electrons. The summed E-state index contributed by atoms with van der Waals surface area (Å²) in [5, 5.41) is 2.93. The summed E-state index contributed by atoms with van der Waals surface area (Å²) in [5.41, 5.74) is 1.00. The summed E-state index contributed by atoms with van der Waals surface area (Å²) in [4.78, 5) is 39.5. The molecule has 3 heterocycles. The van der Waals surface area contributed by atoms with Gasteiger partial charge in [-0.05, 0) is 24.6 Å². The summed E-state index contributed by atoms with van der Waals surface area (Å²) in [6, 6.07) is 4.95. The molecule has 1 N–H and O–H groups in total. The van der Waals surface area contributed by atoms with E-state index >= 15 is 0 Å². The molecule has 0 radical (unpaired) electrons. The molecule has 0 aliphatic rings. The third kappa shape index (κ3) is 3.79. The van der Waals surface area contributed by atoms with Crippen molar-refractivity contribution < 1.29 is 4.79 Å². The maximum absolute atomic E-state index is 12.8. The zero-order valence-electron chi connectivity index (χ0n) is 15.2. The third-order valence-electron chi connectivity index (χ3n) is 4.38. The first-order valence-corrected chi connectivity index (χ1v) is 10.2. The molecule has 7 nitrogen and oxygen atoms in total. The van der Waals surface area contributed by atoms with Crippen LogP contribution in [0.5, 0.6) is 0 Å². The highest BCUT2D eigenvalue weighted by Crippen LogP contribution is 2.16. The zero-order chi connectivity index (χ0) is 19.7. The van der Waals surface area contributed by atoms with Gasteiger partial charge in [-0.1, -0.05) is 18.5 Å². The van der Waals surface area contributed by atoms with Gasteiger partial charge in [0.15, 0.2) is 4.96 Å². The molecular weight excluding hydrogens is 398 g/mol. The van der Waals surface area contributed by atoms with Gasteiger partial charge in [0.2, 0.25) is 5.91 Å². The van der Waals surface area contributed by atoms with E-state index in [1.165, 1.54) is 11.3 Å². The Hall–Kier alpha value is -2.71. The van der Waals surface area contributed by atoms with Crippen molar-refractivity contribution in [2.45, 2.75) is 26.3 Å². The Kier molecular flexibility index (Phi) is 5.15. The van der Waals surface area contributed by atoms with Gasteiger partial charge in [0.1, 0.15) is 5.82 Å². The van der Waals surface area contributed by atoms with Crippen molar-refractivity contribution in [3.63, 3.8) is 0 Å². The first kappa shape index (κ1) is 18.6. The monoisotopic (exact) mass is 415 g/mol. The molecule has 0 saturated heterocycles. The van der Waals surface area contributed by atoms with Gasteiger partial charge in [0.25, 0.3) is 5.56 Å². The average molecular weight is 416 g/mol. The van der Waals surface area contributed by atoms with Gasteiger partial charge >= 0.3 is 0 Å². The number of thiazole rings is 1. The van der Waals surface area contributed by atoms with Crippen LogP contribution in [0.15, 0.2) is 40.8 Å². The highest BCUT2D eigenvalue weighted by molar-refractivity contribution is 7.15. The highest BCUT2D eigenvalue weighted by atomic mass is 35.5. The Morgan fingerprint density at radius 2 is 2.21 bits per heavy atom. The summed E-state index contributed by atoms with van der Waals surface area (Å²) in [5.74, 6) is 0.383. The van der Waals surface area contributed by atoms with Crippen molar-refractivity contribution in [1.82, 2.24) is 24.3 Å². The van der Waals surface area contributed by atoms with E-state index < -0.39 is 0 Å². The standard InChI is InChI=1S/C19H18ClN5O2S/c1-2-5-24(17(26)9-13-10-25-6-7-28-19(25)21-13)11-16-22-15-8-12(20)3-4-14(15)18(27)23-16/h3-4,6-8,10H,2,5,9,11H2,1H3,(H,22,23,27). The number of carbonyl (C=O) groups excluding carboxylic acids is 1. The Bertz CT molecular complexity index is 1180. The number of rotatable bonds is 6. The van der Waals surface area contributed by atoms with Gasteiger partial charge < -0.3 is 9.88 Å². The summed E-state index contributed by atoms with van der Waals surface area (Å²) in [7, 11) is 0. The van der Waals surface area contributed by atoms with E-state index in [1.807, 2.05) is 29.1 Å². The average Bonchev–Trinajstić information content (AvgIpc) is 3.22. The van der Waals surface area contributed by atoms with Crippen LogP contribution in [0, 0.1) is 0 Å². The largest absolute Gasteiger partial charge is 0.335 e. The minimum absolute atomic E-state index is 0.0542. The Balaban J connectivity index is 1.57. The predicted molar refractivity (Wildman–Crippen MR) is 110 cm³/mol. The number of nitrogens with zero attached hydrogens (tertiary/aromatic N) is 4. The number of fused-ring (bicyclic) bond motifs is 2. The van der Waals surface area contributed by atoms with E-state index in [0.717, 1.165) is 17.1 Å². The fourth-order valence-corrected chi connectivity index (χ4v) is 3.99. The lowest BCUT2D eigenvalue weighted by atomic mass is 10.2. The summed E-state index contributed by atoms with van der Waals surface area (Å²) >= 11 is 7.55. The van der Waals surface area contributed by atoms with E-state index in [2.05, 4.69) is 15.0 Å². The van der Waals surface area contributed by atoms with Crippen LogP contribution >= 0.6 is 22.9 Å². The number of carbonyl (C=O) groups is 1. The molecule has 3 aromatic heterocycles. The lowest BCUT2D eigenvalue weighted by Crippen LogP contribution is -2.34. The minimum Gasteiger partial charge on any atom is -0.335 e. The van der Waals surface area contributed by atoms with Crippen molar-refractivity contribution in [3.05, 3.63) is 62.9 Å². The molecule has 0 aliphatic carbocycles. The number of aromatic amines is 1. The molecule has 1 amide bonds. The molecule has 0 unspecified atom stereocenters. The molecule has 0 bridgehead atoms. The number of halogens is 1. The normalized spacial score (nSPS) is 11.4. The van der Waals surface area contributed by atoms with E-state index in [0.29, 0.717) is 28.3 Å². The number of hydrogen-bond acceptors (Lipinski definition) is 5. The van der Waals surface area contributed by atoms with Crippen LogP contribution in [0.2, 0.25) is 5.02 Å². The molecular formula is C19H18ClN5O2S. The van der Waals surface area contributed by atoms with E-state index in [9.17, 15) is 9.59 Å². The number of nitrogens with one attached hydrogen (secondary N) is 1. The smallest absolute Gasteiger partial charge is 0.258 e. The van der Waals surface area contributed by atoms with Crippen LogP contribution in [0.4, 0.5) is 0 Å². The molecule has 0 fully saturated rings. The number of imidazole rings is 1. The lowest BCUT2D eigenvalue weighted by Gasteiger charge is -2.21. The summed E-state index contributed by atoms with van der Waals surface area (Å²) < 4.78 is 1.91. The van der Waals surface area contributed by atoms with Crippen LogP contribution in [0.3, 0.4) is 0 Å². The van der Waals surface area contributed by atoms with E-state index in [-0.39, 0.29) is 24.4 Å². The quantitative estimate of drug-likeness (QED) is 0.524. The van der Waals surface area contributed by atoms with Gasteiger partial charge in [0.05, 0.1) is 29.6 Å². The van der Waals surface area contributed by atoms with Gasteiger partial charge in [-0.2, -0.15) is 0 Å². The van der Waals surface area contributed by atoms with Gasteiger partial charge in [-0.15, -0.1) is 11.3 Å². The van der Waals surface area contributed by atoms with E-state index in [4.69, 9.17) is 11.6 Å². The SMILES string of the molecule is CCCN(Cc1nc2cc(Cl)ccc2c(=O)[nH]1)C(=O)Cc1cn2ccsc2n1. The van der Waals surface area contributed by atoms with Crippen molar-refractivity contribution in [2.75, 3.05) is 6.54 Å². The van der Waals surface area contributed by atoms with Gasteiger partial charge in [-0.3, -0.25) is 14.0 Å². The molecule has 4 rings (SSSR count). The zero-order valence-corrected chi connectivity index (χ0v) is 16.8. The number of hydrogen-bond donors (Lipinski definition) is 1. The van der Waals surface area contributed by atoms with Crippen LogP contribution in [-0.4, -0.2) is 36.7 Å². The molecule has 28 heavy (non-hydrogen) atoms. The lowest BCUT2D eigenvalue weighted by molar-refractivity contribution is -0.131. The topological polar surface area (TPSA) is 83.4 Å². The molecule has 4 aromatic rings. The fraction of sp³-hybridized carbons (Fsp3) is 0.263. The maximum atomic E-state index is 12.8. The first-order chi connectivity index (χ1) is 13.5. The van der Waals surface area contributed by atoms with Gasteiger partial charge in [0, 0.05) is 29.3 Å². The third-order valence-corrected chi connectivity index (χ3v) is 5.39. The van der Waals surface area contributed by atoms with Crippen molar-refractivity contribution in [2.24, 2.45) is 0 Å². The van der Waals surface area contributed by atoms with Crippen LogP contribution in [0.25, 0.3) is 15.9 Å². The van der Waals surface area contributed by atoms with E-state index in [1.54, 1.807) is 23.1 Å². The molecule has 0 saturated carbocycles. The number of amides is 1. The molecule has 0 atom stereocenters. The number of H-pyrrole nitrogens is 1.